The van der Waals surface area contributed by atoms with E-state index in [1.54, 1.807) is 0 Å². The Balaban J connectivity index is 0. The second-order valence-corrected chi connectivity index (χ2v) is 1.41. The molecule has 0 N–H and O–H groups in total. The topological polar surface area (TPSA) is 0 Å². The van der Waals surface area contributed by atoms with Crippen LogP contribution in [0.25, 0.3) is 0 Å². The normalized spacial score (nSPS) is 8.57. The molecule has 0 bridgehead atoms. The molecule has 0 aliphatic rings. The van der Waals surface area contributed by atoms with Crippen molar-refractivity contribution < 1.29 is 4.39 Å². The van der Waals surface area contributed by atoms with Crippen LogP contribution in [0, 0.1) is 0 Å². The van der Waals surface area contributed by atoms with Gasteiger partial charge in [0.25, 0.3) is 0 Å². The molecular formula is C5H11FLi. The second kappa shape index (κ2) is 6.53. The molecule has 1 radical (unpaired) electrons. The molecule has 0 aromatic rings. The predicted molar refractivity (Wildman–Crippen MR) is 31.2 cm³/mol. The van der Waals surface area contributed by atoms with Crippen LogP contribution in [-0.2, 0) is 0 Å². The number of rotatable bonds is 2. The average molecular weight is 97.1 g/mol. The van der Waals surface area contributed by atoms with Gasteiger partial charge in [-0.25, -0.2) is 4.39 Å². The van der Waals surface area contributed by atoms with Gasteiger partial charge in [0.2, 0.25) is 0 Å². The van der Waals surface area contributed by atoms with Crippen molar-refractivity contribution >= 4 is 18.9 Å². The van der Waals surface area contributed by atoms with Crippen LogP contribution in [0.2, 0.25) is 0 Å². The summed E-state index contributed by atoms with van der Waals surface area (Å²) in [4.78, 5) is 0. The van der Waals surface area contributed by atoms with Crippen LogP contribution in [0.3, 0.4) is 0 Å². The van der Waals surface area contributed by atoms with Crippen LogP contribution in [0.1, 0.15) is 26.7 Å². The fourth-order valence-corrected chi connectivity index (χ4v) is 0.289. The molecule has 39 valence electrons. The Bertz CT molecular complexity index is 27.3. The quantitative estimate of drug-likeness (QED) is 0.460. The van der Waals surface area contributed by atoms with E-state index in [0.717, 1.165) is 0 Å². The summed E-state index contributed by atoms with van der Waals surface area (Å²) in [6, 6.07) is 0. The minimum Gasteiger partial charge on any atom is -0.248 e. The van der Waals surface area contributed by atoms with Gasteiger partial charge >= 0.3 is 0 Å². The second-order valence-electron chi connectivity index (χ2n) is 1.41. The minimum atomic E-state index is -0.565. The third-order valence-electron chi connectivity index (χ3n) is 0.886. The molecule has 0 atom stereocenters. The van der Waals surface area contributed by atoms with Crippen molar-refractivity contribution in [2.75, 3.05) is 0 Å². The molecule has 0 aliphatic heterocycles. The summed E-state index contributed by atoms with van der Waals surface area (Å²) >= 11 is 0. The van der Waals surface area contributed by atoms with Gasteiger partial charge in [-0.15, -0.1) is 0 Å². The van der Waals surface area contributed by atoms with Crippen LogP contribution in [0.5, 0.6) is 0 Å². The maximum atomic E-state index is 11.9. The van der Waals surface area contributed by atoms with Crippen LogP contribution in [-0.4, -0.2) is 25.0 Å². The molecule has 0 nitrogen and oxygen atoms in total. The van der Waals surface area contributed by atoms with E-state index in [1.165, 1.54) is 0 Å². The molecule has 7 heavy (non-hydrogen) atoms. The molecule has 0 rings (SSSR count). The Morgan fingerprint density at radius 3 is 1.57 bits per heavy atom. The molecule has 0 spiro atoms. The third kappa shape index (κ3) is 6.53. The first-order valence-electron chi connectivity index (χ1n) is 2.45. The van der Waals surface area contributed by atoms with Gasteiger partial charge in [-0.1, -0.05) is 13.8 Å². The van der Waals surface area contributed by atoms with Gasteiger partial charge in [-0.2, -0.15) is 0 Å². The fraction of sp³-hybridized carbons (Fsp3) is 1.00. The summed E-state index contributed by atoms with van der Waals surface area (Å²) in [5.74, 6) is 0. The van der Waals surface area contributed by atoms with Gasteiger partial charge in [-0.3, -0.25) is 0 Å². The van der Waals surface area contributed by atoms with Crippen molar-refractivity contribution in [3.63, 3.8) is 0 Å². The van der Waals surface area contributed by atoms with Crippen LogP contribution in [0.4, 0.5) is 4.39 Å². The van der Waals surface area contributed by atoms with Crippen molar-refractivity contribution in [2.45, 2.75) is 32.9 Å². The van der Waals surface area contributed by atoms with E-state index < -0.39 is 6.17 Å². The molecule has 0 fully saturated rings. The molecule has 0 amide bonds. The summed E-state index contributed by atoms with van der Waals surface area (Å²) in [5.41, 5.74) is 0. The monoisotopic (exact) mass is 97.1 g/mol. The SMILES string of the molecule is CCC(F)CC.[Li]. The summed E-state index contributed by atoms with van der Waals surface area (Å²) in [7, 11) is 0. The van der Waals surface area contributed by atoms with Gasteiger partial charge < -0.3 is 0 Å². The molecule has 0 heterocycles. The van der Waals surface area contributed by atoms with Gasteiger partial charge in [0.1, 0.15) is 0 Å². The van der Waals surface area contributed by atoms with Crippen molar-refractivity contribution in [3.05, 3.63) is 0 Å². The molecule has 0 aromatic carbocycles. The van der Waals surface area contributed by atoms with Crippen molar-refractivity contribution in [2.24, 2.45) is 0 Å². The summed E-state index contributed by atoms with van der Waals surface area (Å²) in [6.45, 7) is 3.71. The van der Waals surface area contributed by atoms with Crippen LogP contribution >= 0.6 is 0 Å². The maximum Gasteiger partial charge on any atom is 0.0996 e. The Kier molecular flexibility index (Phi) is 9.79. The predicted octanol–water partition coefficient (Wildman–Crippen LogP) is 1.76. The Labute approximate surface area is 56.7 Å². The van der Waals surface area contributed by atoms with E-state index in [0.29, 0.717) is 12.8 Å². The number of hydrogen-bond donors (Lipinski definition) is 0. The number of alkyl halides is 1. The fourth-order valence-electron chi connectivity index (χ4n) is 0.289. The van der Waals surface area contributed by atoms with Gasteiger partial charge in [0.05, 0.1) is 6.17 Å². The smallest absolute Gasteiger partial charge is 0.0996 e. The Morgan fingerprint density at radius 2 is 1.57 bits per heavy atom. The molecule has 0 aliphatic carbocycles. The summed E-state index contributed by atoms with van der Waals surface area (Å²) < 4.78 is 11.9. The first-order chi connectivity index (χ1) is 2.81. The third-order valence-corrected chi connectivity index (χ3v) is 0.886. The van der Waals surface area contributed by atoms with E-state index in [2.05, 4.69) is 0 Å². The van der Waals surface area contributed by atoms with Crippen molar-refractivity contribution in [3.8, 4) is 0 Å². The molecule has 0 saturated heterocycles. The Morgan fingerprint density at radius 1 is 1.29 bits per heavy atom. The zero-order chi connectivity index (χ0) is 4.99. The summed E-state index contributed by atoms with van der Waals surface area (Å²) in [5, 5.41) is 0. The average Bonchev–Trinajstić information content (AvgIpc) is 1.65. The van der Waals surface area contributed by atoms with E-state index >= 15 is 0 Å². The van der Waals surface area contributed by atoms with Gasteiger partial charge in [0.15, 0.2) is 0 Å². The molecule has 2 heteroatoms. The zero-order valence-electron chi connectivity index (χ0n) is 5.37. The first kappa shape index (κ1) is 10.5. The van der Waals surface area contributed by atoms with E-state index in [-0.39, 0.29) is 18.9 Å². The van der Waals surface area contributed by atoms with Crippen molar-refractivity contribution in [1.29, 1.82) is 0 Å². The number of hydrogen-bond acceptors (Lipinski definition) is 0. The van der Waals surface area contributed by atoms with E-state index in [1.807, 2.05) is 13.8 Å². The first-order valence-corrected chi connectivity index (χ1v) is 2.45. The van der Waals surface area contributed by atoms with E-state index in [4.69, 9.17) is 0 Å². The maximum absolute atomic E-state index is 11.9. The van der Waals surface area contributed by atoms with Gasteiger partial charge in [0, 0.05) is 18.9 Å². The van der Waals surface area contributed by atoms with Crippen LogP contribution in [0.15, 0.2) is 0 Å². The largest absolute Gasteiger partial charge is 0.248 e. The standard InChI is InChI=1S/C5H11F.Li/c1-3-5(6)4-2;/h5H,3-4H2,1-2H3;. The molecular weight excluding hydrogens is 86.0 g/mol. The number of halogens is 1. The minimum absolute atomic E-state index is 0. The van der Waals surface area contributed by atoms with Gasteiger partial charge in [-0.05, 0) is 12.8 Å². The molecule has 0 aromatic heterocycles. The Hall–Kier alpha value is 0.527. The van der Waals surface area contributed by atoms with Crippen LogP contribution < -0.4 is 0 Å². The molecule has 0 unspecified atom stereocenters. The molecule has 0 saturated carbocycles. The van der Waals surface area contributed by atoms with Crippen molar-refractivity contribution in [1.82, 2.24) is 0 Å². The zero-order valence-corrected chi connectivity index (χ0v) is 5.37. The van der Waals surface area contributed by atoms with E-state index in [9.17, 15) is 4.39 Å². The summed E-state index contributed by atoms with van der Waals surface area (Å²) in [6.07, 6.45) is 0.762.